The van der Waals surface area contributed by atoms with Crippen molar-refractivity contribution in [2.24, 2.45) is 52.8 Å². The van der Waals surface area contributed by atoms with E-state index >= 15 is 0 Å². The molecule has 0 saturated heterocycles. The molecule has 0 spiro atoms. The van der Waals surface area contributed by atoms with Gasteiger partial charge in [0.2, 0.25) is 0 Å². The quantitative estimate of drug-likeness (QED) is 0.525. The van der Waals surface area contributed by atoms with Gasteiger partial charge in [-0.1, -0.05) is 59.8 Å². The molecule has 164 valence electrons. The van der Waals surface area contributed by atoms with Crippen molar-refractivity contribution in [1.82, 2.24) is 0 Å². The van der Waals surface area contributed by atoms with Gasteiger partial charge in [0.15, 0.2) is 0 Å². The Balaban J connectivity index is 0.00000109. The molecule has 28 heavy (non-hydrogen) atoms. The van der Waals surface area contributed by atoms with Crippen LogP contribution in [0.5, 0.6) is 0 Å². The molecule has 0 bridgehead atoms. The van der Waals surface area contributed by atoms with Crippen molar-refractivity contribution >= 4 is 0 Å². The Morgan fingerprint density at radius 3 is 2.25 bits per heavy atom. The standard InChI is InChI=1S/C26H46.CH5N/c1-18(2)8-7-9-19(3)21-13-14-23-22(21)15-16-25-24(23)12-11-20-10-5-6-17-26(20,25)4;1-2/h18-25H,5-17H2,1-4H3;2H2,1H3/p+1. The van der Waals surface area contributed by atoms with Crippen molar-refractivity contribution < 1.29 is 5.73 Å². The Hall–Kier alpha value is -0.0400. The number of hydrogen-bond donors (Lipinski definition) is 1. The molecule has 0 amide bonds. The Morgan fingerprint density at radius 2 is 1.50 bits per heavy atom. The first-order valence-corrected chi connectivity index (χ1v) is 13.2. The van der Waals surface area contributed by atoms with Gasteiger partial charge in [-0.15, -0.1) is 0 Å². The van der Waals surface area contributed by atoms with Crippen LogP contribution >= 0.6 is 0 Å². The fourth-order valence-electron chi connectivity index (χ4n) is 8.76. The van der Waals surface area contributed by atoms with Crippen LogP contribution < -0.4 is 5.73 Å². The zero-order chi connectivity index (χ0) is 20.3. The zero-order valence-electron chi connectivity index (χ0n) is 20.0. The maximum Gasteiger partial charge on any atom is 0.0634 e. The first-order valence-electron chi connectivity index (χ1n) is 13.2. The topological polar surface area (TPSA) is 27.6 Å². The van der Waals surface area contributed by atoms with Crippen molar-refractivity contribution in [3.05, 3.63) is 0 Å². The molecule has 0 aromatic rings. The van der Waals surface area contributed by atoms with Crippen LogP contribution in [-0.2, 0) is 0 Å². The molecule has 4 rings (SSSR count). The van der Waals surface area contributed by atoms with Crippen LogP contribution in [0.1, 0.15) is 111 Å². The van der Waals surface area contributed by atoms with Crippen molar-refractivity contribution in [2.45, 2.75) is 111 Å². The Kier molecular flexibility index (Phi) is 7.96. The molecule has 0 aromatic carbocycles. The van der Waals surface area contributed by atoms with Gasteiger partial charge in [0.05, 0.1) is 7.05 Å². The first kappa shape index (κ1) is 22.6. The average Bonchev–Trinajstić information content (AvgIpc) is 3.13. The molecule has 3 N–H and O–H groups in total. The highest BCUT2D eigenvalue weighted by atomic mass is 14.6. The minimum absolute atomic E-state index is 0.729. The van der Waals surface area contributed by atoms with Gasteiger partial charge >= 0.3 is 0 Å². The van der Waals surface area contributed by atoms with Gasteiger partial charge in [-0.25, -0.2) is 0 Å². The molecule has 4 fully saturated rings. The van der Waals surface area contributed by atoms with Crippen LogP contribution in [-0.4, -0.2) is 7.05 Å². The minimum atomic E-state index is 0.729. The maximum atomic E-state index is 3.25. The van der Waals surface area contributed by atoms with Crippen LogP contribution in [0.15, 0.2) is 0 Å². The van der Waals surface area contributed by atoms with E-state index in [1.54, 1.807) is 58.4 Å². The first-order chi connectivity index (χ1) is 13.5. The van der Waals surface area contributed by atoms with E-state index in [0.29, 0.717) is 0 Å². The SMILES string of the molecule is CC(C)CCCC(C)C1CCC2C1CCC1C2CCC2CCCCC21C.C[NH3+]. The Labute approximate surface area is 177 Å². The molecule has 8 atom stereocenters. The summed E-state index contributed by atoms with van der Waals surface area (Å²) in [5.41, 5.74) is 3.98. The number of quaternary nitrogens is 1. The fourth-order valence-corrected chi connectivity index (χ4v) is 8.76. The summed E-state index contributed by atoms with van der Waals surface area (Å²) >= 11 is 0. The van der Waals surface area contributed by atoms with Gasteiger partial charge in [0, 0.05) is 0 Å². The van der Waals surface area contributed by atoms with Gasteiger partial charge in [-0.3, -0.25) is 0 Å². The molecular formula is C27H52N+. The molecule has 0 heterocycles. The molecular weight excluding hydrogens is 338 g/mol. The van der Waals surface area contributed by atoms with E-state index in [1.165, 1.54) is 32.1 Å². The molecule has 1 heteroatoms. The molecule has 4 aliphatic rings. The minimum Gasteiger partial charge on any atom is -0.360 e. The Morgan fingerprint density at radius 1 is 0.786 bits per heavy atom. The van der Waals surface area contributed by atoms with E-state index in [-0.39, 0.29) is 0 Å². The van der Waals surface area contributed by atoms with E-state index in [2.05, 4.69) is 33.4 Å². The predicted octanol–water partition coefficient (Wildman–Crippen LogP) is 6.97. The van der Waals surface area contributed by atoms with Crippen LogP contribution in [0.2, 0.25) is 0 Å². The second kappa shape index (κ2) is 9.84. The lowest BCUT2D eigenvalue weighted by Crippen LogP contribution is -2.50. The molecule has 4 saturated carbocycles. The molecule has 8 unspecified atom stereocenters. The van der Waals surface area contributed by atoms with E-state index in [1.807, 2.05) is 0 Å². The van der Waals surface area contributed by atoms with Crippen molar-refractivity contribution in [3.63, 3.8) is 0 Å². The third kappa shape index (κ3) is 4.35. The van der Waals surface area contributed by atoms with Gasteiger partial charge in [0.25, 0.3) is 0 Å². The number of fused-ring (bicyclic) bond motifs is 5. The third-order valence-electron chi connectivity index (χ3n) is 10.1. The fraction of sp³-hybridized carbons (Fsp3) is 1.00. The molecule has 0 aromatic heterocycles. The summed E-state index contributed by atoms with van der Waals surface area (Å²) in [6, 6.07) is 0. The lowest BCUT2D eigenvalue weighted by atomic mass is 9.47. The summed E-state index contributed by atoms with van der Waals surface area (Å²) < 4.78 is 0. The summed E-state index contributed by atoms with van der Waals surface area (Å²) in [5, 5.41) is 0. The summed E-state index contributed by atoms with van der Waals surface area (Å²) in [4.78, 5) is 0. The maximum absolute atomic E-state index is 3.25. The van der Waals surface area contributed by atoms with E-state index in [9.17, 15) is 0 Å². The monoisotopic (exact) mass is 390 g/mol. The van der Waals surface area contributed by atoms with Crippen LogP contribution in [0, 0.1) is 52.8 Å². The second-order valence-corrected chi connectivity index (χ2v) is 11.7. The Bertz CT molecular complexity index is 471. The normalized spacial score (nSPS) is 43.4. The van der Waals surface area contributed by atoms with Crippen LogP contribution in [0.3, 0.4) is 0 Å². The summed E-state index contributed by atoms with van der Waals surface area (Å²) in [5.74, 6) is 8.47. The van der Waals surface area contributed by atoms with Crippen LogP contribution in [0.4, 0.5) is 0 Å². The molecule has 0 radical (unpaired) electrons. The molecule has 0 aliphatic heterocycles. The zero-order valence-corrected chi connectivity index (χ0v) is 20.0. The number of hydrogen-bond acceptors (Lipinski definition) is 0. The predicted molar refractivity (Wildman–Crippen MR) is 122 cm³/mol. The van der Waals surface area contributed by atoms with E-state index in [4.69, 9.17) is 0 Å². The van der Waals surface area contributed by atoms with Gasteiger partial charge in [-0.05, 0) is 104 Å². The van der Waals surface area contributed by atoms with E-state index in [0.717, 1.165) is 52.8 Å². The summed E-state index contributed by atoms with van der Waals surface area (Å²) in [6.45, 7) is 10.1. The van der Waals surface area contributed by atoms with Gasteiger partial charge in [0.1, 0.15) is 0 Å². The third-order valence-corrected chi connectivity index (χ3v) is 10.1. The van der Waals surface area contributed by atoms with E-state index < -0.39 is 0 Å². The smallest absolute Gasteiger partial charge is 0.0634 e. The summed E-state index contributed by atoms with van der Waals surface area (Å²) in [6.07, 6.45) is 20.1. The highest BCUT2D eigenvalue weighted by Crippen LogP contribution is 2.64. The molecule has 1 nitrogen and oxygen atoms in total. The van der Waals surface area contributed by atoms with Crippen molar-refractivity contribution in [1.29, 1.82) is 0 Å². The summed E-state index contributed by atoms with van der Waals surface area (Å²) in [7, 11) is 1.75. The lowest BCUT2D eigenvalue weighted by molar-refractivity contribution is -0.325. The second-order valence-electron chi connectivity index (χ2n) is 11.7. The van der Waals surface area contributed by atoms with Crippen LogP contribution in [0.25, 0.3) is 0 Å². The largest absolute Gasteiger partial charge is 0.360 e. The van der Waals surface area contributed by atoms with Crippen molar-refractivity contribution in [3.8, 4) is 0 Å². The average molecular weight is 391 g/mol. The van der Waals surface area contributed by atoms with Crippen molar-refractivity contribution in [2.75, 3.05) is 7.05 Å². The van der Waals surface area contributed by atoms with Gasteiger partial charge < -0.3 is 5.73 Å². The van der Waals surface area contributed by atoms with Gasteiger partial charge in [-0.2, -0.15) is 0 Å². The lowest BCUT2D eigenvalue weighted by Gasteiger charge is -2.58. The highest BCUT2D eigenvalue weighted by Gasteiger charge is 2.55. The molecule has 4 aliphatic carbocycles. The number of rotatable bonds is 5. The highest BCUT2D eigenvalue weighted by molar-refractivity contribution is 5.05.